The molecule has 0 amide bonds. The number of rotatable bonds is 8. The Hall–Kier alpha value is -1.82. The molecule has 0 saturated carbocycles. The van der Waals surface area contributed by atoms with Gasteiger partial charge in [-0.2, -0.15) is 5.26 Å². The third-order valence-corrected chi connectivity index (χ3v) is 5.28. The van der Waals surface area contributed by atoms with Gasteiger partial charge in [0.05, 0.1) is 11.5 Å². The highest BCUT2D eigenvalue weighted by Crippen LogP contribution is 2.40. The van der Waals surface area contributed by atoms with Gasteiger partial charge in [-0.15, -0.1) is 0 Å². The Morgan fingerprint density at radius 3 is 2.32 bits per heavy atom. The standard InChI is InChI=1S/C22H27ClN2/c1-18(2)22(17-24,20-12-7-8-13-21(20)23)14-9-15-25(3)16-19-10-5-4-6-11-19/h4-8,10-13,18H,9,14-16H2,1-3H3. The zero-order valence-electron chi connectivity index (χ0n) is 15.4. The highest BCUT2D eigenvalue weighted by molar-refractivity contribution is 6.31. The normalized spacial score (nSPS) is 13.6. The Bertz CT molecular complexity index is 705. The summed E-state index contributed by atoms with van der Waals surface area (Å²) in [5.74, 6) is 0.205. The molecule has 0 spiro atoms. The second-order valence-electron chi connectivity index (χ2n) is 7.04. The minimum Gasteiger partial charge on any atom is -0.302 e. The van der Waals surface area contributed by atoms with Crippen LogP contribution >= 0.6 is 11.6 Å². The topological polar surface area (TPSA) is 27.0 Å². The van der Waals surface area contributed by atoms with Crippen molar-refractivity contribution in [3.05, 3.63) is 70.7 Å². The molecule has 0 fully saturated rings. The van der Waals surface area contributed by atoms with Crippen LogP contribution < -0.4 is 0 Å². The van der Waals surface area contributed by atoms with Crippen molar-refractivity contribution in [2.45, 2.75) is 38.6 Å². The number of hydrogen-bond acceptors (Lipinski definition) is 2. The monoisotopic (exact) mass is 354 g/mol. The third kappa shape index (κ3) is 4.84. The summed E-state index contributed by atoms with van der Waals surface area (Å²) in [6.45, 7) is 6.10. The van der Waals surface area contributed by atoms with Crippen LogP contribution in [0.5, 0.6) is 0 Å². The first-order valence-corrected chi connectivity index (χ1v) is 9.26. The molecule has 25 heavy (non-hydrogen) atoms. The van der Waals surface area contributed by atoms with Gasteiger partial charge in [0, 0.05) is 11.6 Å². The van der Waals surface area contributed by atoms with E-state index < -0.39 is 5.41 Å². The molecule has 0 heterocycles. The predicted octanol–water partition coefficient (Wildman–Crippen LogP) is 5.67. The van der Waals surface area contributed by atoms with Crippen LogP contribution in [0.1, 0.15) is 37.8 Å². The zero-order valence-corrected chi connectivity index (χ0v) is 16.1. The minimum atomic E-state index is -0.536. The molecule has 3 heteroatoms. The molecule has 0 saturated heterocycles. The van der Waals surface area contributed by atoms with Crippen molar-refractivity contribution in [1.82, 2.24) is 4.90 Å². The van der Waals surface area contributed by atoms with E-state index in [0.717, 1.165) is 31.5 Å². The van der Waals surface area contributed by atoms with E-state index >= 15 is 0 Å². The van der Waals surface area contributed by atoms with E-state index in [9.17, 15) is 5.26 Å². The van der Waals surface area contributed by atoms with Gasteiger partial charge in [0.15, 0.2) is 0 Å². The summed E-state index contributed by atoms with van der Waals surface area (Å²) in [4.78, 5) is 2.31. The molecule has 0 N–H and O–H groups in total. The van der Waals surface area contributed by atoms with Crippen molar-refractivity contribution in [3.8, 4) is 6.07 Å². The fourth-order valence-electron chi connectivity index (χ4n) is 3.40. The van der Waals surface area contributed by atoms with E-state index in [4.69, 9.17) is 11.6 Å². The molecular weight excluding hydrogens is 328 g/mol. The van der Waals surface area contributed by atoms with Crippen LogP contribution in [-0.4, -0.2) is 18.5 Å². The molecule has 0 aromatic heterocycles. The largest absolute Gasteiger partial charge is 0.302 e. The van der Waals surface area contributed by atoms with Crippen LogP contribution in [0.15, 0.2) is 54.6 Å². The summed E-state index contributed by atoms with van der Waals surface area (Å²) in [5, 5.41) is 10.7. The SMILES string of the molecule is CC(C)C(C#N)(CCCN(C)Cc1ccccc1)c1ccccc1Cl. The zero-order chi connectivity index (χ0) is 18.3. The van der Waals surface area contributed by atoms with Gasteiger partial charge in [-0.3, -0.25) is 0 Å². The molecule has 0 aliphatic heterocycles. The second-order valence-corrected chi connectivity index (χ2v) is 7.45. The Balaban J connectivity index is 2.04. The van der Waals surface area contributed by atoms with E-state index in [0.29, 0.717) is 5.02 Å². The summed E-state index contributed by atoms with van der Waals surface area (Å²) in [7, 11) is 2.13. The quantitative estimate of drug-likeness (QED) is 0.610. The van der Waals surface area contributed by atoms with Crippen LogP contribution in [-0.2, 0) is 12.0 Å². The second kappa shape index (κ2) is 9.04. The lowest BCUT2D eigenvalue weighted by molar-refractivity contribution is 0.286. The van der Waals surface area contributed by atoms with Crippen LogP contribution in [0.4, 0.5) is 0 Å². The molecule has 1 atom stereocenters. The maximum Gasteiger partial charge on any atom is 0.0859 e. The van der Waals surface area contributed by atoms with Gasteiger partial charge in [0.1, 0.15) is 0 Å². The van der Waals surface area contributed by atoms with Crippen molar-refractivity contribution >= 4 is 11.6 Å². The lowest BCUT2D eigenvalue weighted by Gasteiger charge is -2.32. The molecule has 0 aliphatic carbocycles. The van der Waals surface area contributed by atoms with Gasteiger partial charge >= 0.3 is 0 Å². The number of nitrogens with zero attached hydrogens (tertiary/aromatic N) is 2. The van der Waals surface area contributed by atoms with E-state index in [-0.39, 0.29) is 5.92 Å². The Labute approximate surface area is 157 Å². The molecular formula is C22H27ClN2. The van der Waals surface area contributed by atoms with Crippen molar-refractivity contribution in [2.24, 2.45) is 5.92 Å². The Kier molecular flexibility index (Phi) is 7.05. The van der Waals surface area contributed by atoms with E-state index in [2.05, 4.69) is 56.1 Å². The Morgan fingerprint density at radius 2 is 1.72 bits per heavy atom. The molecule has 132 valence electrons. The maximum atomic E-state index is 10.0. The summed E-state index contributed by atoms with van der Waals surface area (Å²) in [5.41, 5.74) is 1.73. The molecule has 0 bridgehead atoms. The van der Waals surface area contributed by atoms with Gasteiger partial charge in [0.25, 0.3) is 0 Å². The average Bonchev–Trinajstić information content (AvgIpc) is 2.60. The highest BCUT2D eigenvalue weighted by Gasteiger charge is 2.37. The fraction of sp³-hybridized carbons (Fsp3) is 0.409. The summed E-state index contributed by atoms with van der Waals surface area (Å²) < 4.78 is 0. The lowest BCUT2D eigenvalue weighted by atomic mass is 9.70. The molecule has 2 nitrogen and oxygen atoms in total. The lowest BCUT2D eigenvalue weighted by Crippen LogP contribution is -2.32. The van der Waals surface area contributed by atoms with Crippen molar-refractivity contribution in [3.63, 3.8) is 0 Å². The van der Waals surface area contributed by atoms with E-state index in [1.807, 2.05) is 30.3 Å². The molecule has 2 aromatic carbocycles. The fourth-order valence-corrected chi connectivity index (χ4v) is 3.71. The van der Waals surface area contributed by atoms with Gasteiger partial charge in [-0.25, -0.2) is 0 Å². The van der Waals surface area contributed by atoms with Gasteiger partial charge < -0.3 is 4.90 Å². The molecule has 0 aliphatic rings. The predicted molar refractivity (Wildman–Crippen MR) is 106 cm³/mol. The first-order chi connectivity index (χ1) is 12.0. The van der Waals surface area contributed by atoms with E-state index in [1.165, 1.54) is 5.56 Å². The molecule has 1 unspecified atom stereocenters. The van der Waals surface area contributed by atoms with Crippen LogP contribution in [0.3, 0.4) is 0 Å². The smallest absolute Gasteiger partial charge is 0.0859 e. The van der Waals surface area contributed by atoms with Crippen LogP contribution in [0.2, 0.25) is 5.02 Å². The Morgan fingerprint density at radius 1 is 1.08 bits per heavy atom. The summed E-state index contributed by atoms with van der Waals surface area (Å²) in [6.07, 6.45) is 1.77. The maximum absolute atomic E-state index is 10.0. The number of nitriles is 1. The molecule has 0 radical (unpaired) electrons. The van der Waals surface area contributed by atoms with Gasteiger partial charge in [-0.1, -0.05) is 74.0 Å². The first-order valence-electron chi connectivity index (χ1n) is 8.88. The van der Waals surface area contributed by atoms with Crippen molar-refractivity contribution < 1.29 is 0 Å². The average molecular weight is 355 g/mol. The third-order valence-electron chi connectivity index (χ3n) is 4.95. The van der Waals surface area contributed by atoms with Crippen molar-refractivity contribution in [2.75, 3.05) is 13.6 Å². The number of benzene rings is 2. The van der Waals surface area contributed by atoms with Gasteiger partial charge in [-0.05, 0) is 49.5 Å². The van der Waals surface area contributed by atoms with E-state index in [1.54, 1.807) is 0 Å². The first kappa shape index (κ1) is 19.5. The molecule has 2 rings (SSSR count). The highest BCUT2D eigenvalue weighted by atomic mass is 35.5. The molecule has 2 aromatic rings. The van der Waals surface area contributed by atoms with Crippen molar-refractivity contribution in [1.29, 1.82) is 5.26 Å². The minimum absolute atomic E-state index is 0.205. The summed E-state index contributed by atoms with van der Waals surface area (Å²) >= 11 is 6.42. The number of halogens is 1. The van der Waals surface area contributed by atoms with Gasteiger partial charge in [0.2, 0.25) is 0 Å². The summed E-state index contributed by atoms with van der Waals surface area (Å²) in [6, 6.07) is 20.8. The number of hydrogen-bond donors (Lipinski definition) is 0. The van der Waals surface area contributed by atoms with Crippen LogP contribution in [0.25, 0.3) is 0 Å². The van der Waals surface area contributed by atoms with Crippen LogP contribution in [0, 0.1) is 17.2 Å².